The van der Waals surface area contributed by atoms with E-state index in [0.29, 0.717) is 5.75 Å². The lowest BCUT2D eigenvalue weighted by molar-refractivity contribution is 0.472. The van der Waals surface area contributed by atoms with E-state index in [9.17, 15) is 5.11 Å². The summed E-state index contributed by atoms with van der Waals surface area (Å²) in [7, 11) is 0. The minimum atomic E-state index is 0.346. The predicted molar refractivity (Wildman–Crippen MR) is 94.1 cm³/mol. The molecule has 0 saturated heterocycles. The van der Waals surface area contributed by atoms with Crippen LogP contribution in [0, 0.1) is 13.8 Å². The van der Waals surface area contributed by atoms with E-state index >= 15 is 0 Å². The highest BCUT2D eigenvalue weighted by Gasteiger charge is 2.11. The molecule has 0 saturated carbocycles. The quantitative estimate of drug-likeness (QED) is 0.530. The molecule has 1 N–H and O–H groups in total. The van der Waals surface area contributed by atoms with Crippen LogP contribution in [-0.2, 0) is 6.42 Å². The van der Waals surface area contributed by atoms with E-state index in [2.05, 4.69) is 31.2 Å². The van der Waals surface area contributed by atoms with Gasteiger partial charge in [0.1, 0.15) is 17.1 Å². The average Bonchev–Trinajstić information content (AvgIpc) is 2.85. The summed E-state index contributed by atoms with van der Waals surface area (Å²) in [5.74, 6) is 1.36. The maximum atomic E-state index is 9.82. The number of rotatable bonds is 2. The molecule has 0 bridgehead atoms. The SMILES string of the molecule is Cc1cc2cc(Cc3oc4ccccc4c3C)ccc2cc1O. The molecule has 2 heteroatoms. The number of hydrogen-bond donors (Lipinski definition) is 1. The van der Waals surface area contributed by atoms with Gasteiger partial charge in [-0.2, -0.15) is 0 Å². The standard InChI is InChI=1S/C21H18O2/c1-13-9-17-10-15(7-8-16(17)12-19(13)22)11-21-14(2)18-5-3-4-6-20(18)23-21/h3-10,12,22H,11H2,1-2H3. The second-order valence-corrected chi connectivity index (χ2v) is 6.14. The topological polar surface area (TPSA) is 33.4 Å². The number of furan rings is 1. The minimum Gasteiger partial charge on any atom is -0.508 e. The number of phenolic OH excluding ortho intramolecular Hbond substituents is 1. The van der Waals surface area contributed by atoms with Crippen molar-refractivity contribution in [2.24, 2.45) is 0 Å². The number of aryl methyl sites for hydroxylation is 2. The molecule has 4 aromatic rings. The van der Waals surface area contributed by atoms with Gasteiger partial charge in [0.2, 0.25) is 0 Å². The number of para-hydroxylation sites is 1. The van der Waals surface area contributed by atoms with E-state index in [1.165, 1.54) is 16.5 Å². The smallest absolute Gasteiger partial charge is 0.134 e. The lowest BCUT2D eigenvalue weighted by Crippen LogP contribution is -1.89. The van der Waals surface area contributed by atoms with E-state index in [1.54, 1.807) is 0 Å². The molecule has 0 unspecified atom stereocenters. The van der Waals surface area contributed by atoms with Crippen LogP contribution in [0.2, 0.25) is 0 Å². The van der Waals surface area contributed by atoms with Gasteiger partial charge in [-0.15, -0.1) is 0 Å². The molecule has 0 aliphatic rings. The molecule has 0 amide bonds. The van der Waals surface area contributed by atoms with Crippen LogP contribution in [0.5, 0.6) is 5.75 Å². The zero-order valence-corrected chi connectivity index (χ0v) is 13.3. The second-order valence-electron chi connectivity index (χ2n) is 6.14. The Bertz CT molecular complexity index is 1020. The molecule has 2 nitrogen and oxygen atoms in total. The van der Waals surface area contributed by atoms with Crippen molar-refractivity contribution < 1.29 is 9.52 Å². The van der Waals surface area contributed by atoms with Crippen LogP contribution in [0.15, 0.2) is 59.0 Å². The Labute approximate surface area is 135 Å². The molecular formula is C21H18O2. The number of hydrogen-bond acceptors (Lipinski definition) is 2. The number of phenols is 1. The van der Waals surface area contributed by atoms with Gasteiger partial charge in [0.05, 0.1) is 0 Å². The third-order valence-electron chi connectivity index (χ3n) is 4.53. The highest BCUT2D eigenvalue weighted by Crippen LogP contribution is 2.29. The number of aromatic hydroxyl groups is 1. The van der Waals surface area contributed by atoms with Gasteiger partial charge in [0.25, 0.3) is 0 Å². The van der Waals surface area contributed by atoms with Crippen molar-refractivity contribution >= 4 is 21.7 Å². The maximum Gasteiger partial charge on any atom is 0.134 e. The zero-order valence-electron chi connectivity index (χ0n) is 13.3. The molecule has 0 atom stereocenters. The molecule has 114 valence electrons. The van der Waals surface area contributed by atoms with Crippen LogP contribution in [0.25, 0.3) is 21.7 Å². The van der Waals surface area contributed by atoms with Crippen molar-refractivity contribution in [3.05, 3.63) is 77.0 Å². The normalized spacial score (nSPS) is 11.4. The van der Waals surface area contributed by atoms with E-state index in [4.69, 9.17) is 4.42 Å². The van der Waals surface area contributed by atoms with Crippen molar-refractivity contribution in [1.29, 1.82) is 0 Å². The van der Waals surface area contributed by atoms with Crippen LogP contribution in [0.1, 0.15) is 22.5 Å². The molecule has 0 aliphatic carbocycles. The van der Waals surface area contributed by atoms with Gasteiger partial charge in [-0.3, -0.25) is 0 Å². The summed E-state index contributed by atoms with van der Waals surface area (Å²) in [6.45, 7) is 4.04. The first-order chi connectivity index (χ1) is 11.1. The Balaban J connectivity index is 1.76. The largest absolute Gasteiger partial charge is 0.508 e. The van der Waals surface area contributed by atoms with E-state index < -0.39 is 0 Å². The zero-order chi connectivity index (χ0) is 16.0. The molecule has 1 heterocycles. The third-order valence-corrected chi connectivity index (χ3v) is 4.53. The van der Waals surface area contributed by atoms with Gasteiger partial charge >= 0.3 is 0 Å². The fourth-order valence-corrected chi connectivity index (χ4v) is 3.14. The summed E-state index contributed by atoms with van der Waals surface area (Å²) in [5.41, 5.74) is 4.27. The molecule has 0 fully saturated rings. The van der Waals surface area contributed by atoms with Gasteiger partial charge in [0, 0.05) is 11.8 Å². The van der Waals surface area contributed by atoms with Crippen LogP contribution in [0.4, 0.5) is 0 Å². The molecule has 0 aliphatic heterocycles. The van der Waals surface area contributed by atoms with Crippen molar-refractivity contribution in [2.45, 2.75) is 20.3 Å². The first-order valence-corrected chi connectivity index (χ1v) is 7.81. The van der Waals surface area contributed by atoms with Crippen molar-refractivity contribution in [1.82, 2.24) is 0 Å². The van der Waals surface area contributed by atoms with Gasteiger partial charge < -0.3 is 9.52 Å². The minimum absolute atomic E-state index is 0.346. The highest BCUT2D eigenvalue weighted by molar-refractivity contribution is 5.86. The molecule has 0 radical (unpaired) electrons. The molecule has 4 rings (SSSR count). The van der Waals surface area contributed by atoms with Crippen LogP contribution in [-0.4, -0.2) is 5.11 Å². The van der Waals surface area contributed by atoms with Gasteiger partial charge in [-0.05, 0) is 59.5 Å². The molecule has 23 heavy (non-hydrogen) atoms. The third kappa shape index (κ3) is 2.36. The monoisotopic (exact) mass is 302 g/mol. The first-order valence-electron chi connectivity index (χ1n) is 7.81. The maximum absolute atomic E-state index is 9.82. The van der Waals surface area contributed by atoms with Crippen LogP contribution >= 0.6 is 0 Å². The van der Waals surface area contributed by atoms with Crippen molar-refractivity contribution in [3.8, 4) is 5.75 Å². The van der Waals surface area contributed by atoms with Crippen molar-refractivity contribution in [2.75, 3.05) is 0 Å². The summed E-state index contributed by atoms with van der Waals surface area (Å²) in [4.78, 5) is 0. The number of fused-ring (bicyclic) bond motifs is 2. The van der Waals surface area contributed by atoms with E-state index in [1.807, 2.05) is 37.3 Å². The fraction of sp³-hybridized carbons (Fsp3) is 0.143. The number of benzene rings is 3. The Morgan fingerprint density at radius 2 is 1.74 bits per heavy atom. The summed E-state index contributed by atoms with van der Waals surface area (Å²) in [6.07, 6.45) is 0.774. The lowest BCUT2D eigenvalue weighted by atomic mass is 10.0. The Hall–Kier alpha value is -2.74. The van der Waals surface area contributed by atoms with E-state index in [-0.39, 0.29) is 0 Å². The Morgan fingerprint density at radius 3 is 2.57 bits per heavy atom. The lowest BCUT2D eigenvalue weighted by Gasteiger charge is -2.06. The second kappa shape index (κ2) is 5.17. The molecule has 0 spiro atoms. The Kier molecular flexibility index (Phi) is 3.12. The Morgan fingerprint density at radius 1 is 0.913 bits per heavy atom. The summed E-state index contributed by atoms with van der Waals surface area (Å²) in [5, 5.41) is 13.2. The first kappa shape index (κ1) is 13.9. The molecular weight excluding hydrogens is 284 g/mol. The van der Waals surface area contributed by atoms with E-state index in [0.717, 1.165) is 34.1 Å². The highest BCUT2D eigenvalue weighted by atomic mass is 16.3. The van der Waals surface area contributed by atoms with Gasteiger partial charge in [-0.25, -0.2) is 0 Å². The van der Waals surface area contributed by atoms with Crippen LogP contribution in [0.3, 0.4) is 0 Å². The molecule has 1 aromatic heterocycles. The van der Waals surface area contributed by atoms with Gasteiger partial charge in [0.15, 0.2) is 0 Å². The fourth-order valence-electron chi connectivity index (χ4n) is 3.14. The van der Waals surface area contributed by atoms with Crippen molar-refractivity contribution in [3.63, 3.8) is 0 Å². The predicted octanol–water partition coefficient (Wildman–Crippen LogP) is 5.50. The average molecular weight is 302 g/mol. The van der Waals surface area contributed by atoms with Crippen LogP contribution < -0.4 is 0 Å². The molecule has 3 aromatic carbocycles. The summed E-state index contributed by atoms with van der Waals surface area (Å²) in [6, 6.07) is 18.3. The van der Waals surface area contributed by atoms with Gasteiger partial charge in [-0.1, -0.05) is 36.4 Å². The summed E-state index contributed by atoms with van der Waals surface area (Å²) < 4.78 is 6.02. The summed E-state index contributed by atoms with van der Waals surface area (Å²) >= 11 is 0.